The van der Waals surface area contributed by atoms with Crippen LogP contribution in [-0.2, 0) is 0 Å². The summed E-state index contributed by atoms with van der Waals surface area (Å²) in [5.74, 6) is 0.327. The van der Waals surface area contributed by atoms with Gasteiger partial charge in [-0.2, -0.15) is 5.26 Å². The Morgan fingerprint density at radius 1 is 1.59 bits per heavy atom. The topological polar surface area (TPSA) is 44.0 Å². The minimum Gasteiger partial charge on any atom is -0.389 e. The predicted octanol–water partition coefficient (Wildman–Crippen LogP) is 3.37. The van der Waals surface area contributed by atoms with E-state index in [0.717, 1.165) is 12.0 Å². The number of aliphatic hydroxyl groups is 1. The number of hydrogen-bond donors (Lipinski definition) is 1. The van der Waals surface area contributed by atoms with Gasteiger partial charge in [-0.05, 0) is 31.3 Å². The van der Waals surface area contributed by atoms with Crippen molar-refractivity contribution in [2.75, 3.05) is 0 Å². The first-order chi connectivity index (χ1) is 7.86. The van der Waals surface area contributed by atoms with E-state index in [0.29, 0.717) is 5.92 Å². The van der Waals surface area contributed by atoms with Gasteiger partial charge >= 0.3 is 0 Å². The van der Waals surface area contributed by atoms with Crippen molar-refractivity contribution in [3.05, 3.63) is 35.5 Å². The van der Waals surface area contributed by atoms with E-state index in [-0.39, 0.29) is 11.5 Å². The molecule has 0 aromatic carbocycles. The fourth-order valence-electron chi connectivity index (χ4n) is 2.56. The summed E-state index contributed by atoms with van der Waals surface area (Å²) < 4.78 is 0. The van der Waals surface area contributed by atoms with Gasteiger partial charge in [0.15, 0.2) is 0 Å². The number of hydrogen-bond acceptors (Lipinski definition) is 2. The largest absolute Gasteiger partial charge is 0.389 e. The van der Waals surface area contributed by atoms with Gasteiger partial charge in [-0.25, -0.2) is 0 Å². The van der Waals surface area contributed by atoms with Crippen molar-refractivity contribution >= 4 is 0 Å². The zero-order valence-electron chi connectivity index (χ0n) is 11.1. The second-order valence-electron chi connectivity index (χ2n) is 5.52. The number of nitrogens with zero attached hydrogens (tertiary/aromatic N) is 1. The van der Waals surface area contributed by atoms with Crippen LogP contribution in [0.3, 0.4) is 0 Å². The van der Waals surface area contributed by atoms with Crippen LogP contribution in [0.2, 0.25) is 0 Å². The Morgan fingerprint density at radius 2 is 2.24 bits per heavy atom. The summed E-state index contributed by atoms with van der Waals surface area (Å²) in [6.45, 7) is 8.32. The maximum absolute atomic E-state index is 9.74. The Hall–Kier alpha value is -1.33. The maximum Gasteiger partial charge on any atom is 0.0914 e. The monoisotopic (exact) mass is 231 g/mol. The van der Waals surface area contributed by atoms with Crippen LogP contribution < -0.4 is 0 Å². The molecule has 0 aromatic rings. The van der Waals surface area contributed by atoms with Crippen molar-refractivity contribution in [3.8, 4) is 6.07 Å². The van der Waals surface area contributed by atoms with Gasteiger partial charge in [-0.1, -0.05) is 37.6 Å². The van der Waals surface area contributed by atoms with Crippen molar-refractivity contribution < 1.29 is 5.11 Å². The van der Waals surface area contributed by atoms with Gasteiger partial charge in [0.1, 0.15) is 0 Å². The van der Waals surface area contributed by atoms with Crippen LogP contribution in [0.15, 0.2) is 35.5 Å². The van der Waals surface area contributed by atoms with Crippen LogP contribution in [0.4, 0.5) is 0 Å². The molecule has 2 nitrogen and oxygen atoms in total. The molecule has 0 amide bonds. The lowest BCUT2D eigenvalue weighted by Gasteiger charge is -2.38. The van der Waals surface area contributed by atoms with Gasteiger partial charge < -0.3 is 5.11 Å². The number of nitriles is 1. The summed E-state index contributed by atoms with van der Waals surface area (Å²) in [5, 5.41) is 18.3. The fraction of sp³-hybridized carbons (Fsp3) is 0.533. The smallest absolute Gasteiger partial charge is 0.0914 e. The fourth-order valence-corrected chi connectivity index (χ4v) is 2.56. The third-order valence-electron chi connectivity index (χ3n) is 3.37. The standard InChI is InChI=1S/C15H21NO/c1-11(7-8-16)5-6-14-12(2)9-13(17)10-15(14,3)4/h5-7,9,13-14,17H,10H2,1-4H3/b6-5+,11-7+/t13-,14-/m1/s1. The first-order valence-corrected chi connectivity index (χ1v) is 5.98. The molecule has 1 aliphatic carbocycles. The normalized spacial score (nSPS) is 28.9. The summed E-state index contributed by atoms with van der Waals surface area (Å²) in [6, 6.07) is 2.03. The number of allylic oxidation sites excluding steroid dienone is 5. The van der Waals surface area contributed by atoms with Gasteiger partial charge in [0.2, 0.25) is 0 Å². The van der Waals surface area contributed by atoms with Crippen LogP contribution >= 0.6 is 0 Å². The zero-order valence-corrected chi connectivity index (χ0v) is 11.1. The van der Waals surface area contributed by atoms with Gasteiger partial charge in [-0.15, -0.1) is 0 Å². The van der Waals surface area contributed by atoms with Gasteiger partial charge in [0.25, 0.3) is 0 Å². The molecule has 1 N–H and O–H groups in total. The Kier molecular flexibility index (Phi) is 4.31. The van der Waals surface area contributed by atoms with E-state index in [1.54, 1.807) is 6.08 Å². The Labute approximate surface area is 104 Å². The summed E-state index contributed by atoms with van der Waals surface area (Å²) in [6.07, 6.45) is 8.06. The second-order valence-corrected chi connectivity index (χ2v) is 5.52. The maximum atomic E-state index is 9.74. The molecule has 92 valence electrons. The first kappa shape index (κ1) is 13.7. The minimum atomic E-state index is -0.328. The van der Waals surface area contributed by atoms with Gasteiger partial charge in [0.05, 0.1) is 12.2 Å². The average molecular weight is 231 g/mol. The molecule has 0 aromatic heterocycles. The summed E-state index contributed by atoms with van der Waals surface area (Å²) in [4.78, 5) is 0. The molecule has 0 saturated carbocycles. The number of aliphatic hydroxyl groups excluding tert-OH is 1. The Bertz CT molecular complexity index is 407. The van der Waals surface area contributed by atoms with Crippen LogP contribution in [0.5, 0.6) is 0 Å². The van der Waals surface area contributed by atoms with E-state index in [1.165, 1.54) is 5.57 Å². The lowest BCUT2D eigenvalue weighted by molar-refractivity contribution is 0.117. The summed E-state index contributed by atoms with van der Waals surface area (Å²) in [5.41, 5.74) is 2.22. The van der Waals surface area contributed by atoms with E-state index < -0.39 is 0 Å². The SMILES string of the molecule is CC1=C[C@@H](O)CC(C)(C)[C@@H]1/C=C/C(C)=C/C#N. The molecule has 0 unspecified atom stereocenters. The number of rotatable bonds is 2. The van der Waals surface area contributed by atoms with Crippen molar-refractivity contribution in [2.24, 2.45) is 11.3 Å². The highest BCUT2D eigenvalue weighted by molar-refractivity contribution is 5.27. The lowest BCUT2D eigenvalue weighted by atomic mass is 9.67. The van der Waals surface area contributed by atoms with E-state index in [4.69, 9.17) is 5.26 Å². The van der Waals surface area contributed by atoms with Crippen molar-refractivity contribution in [1.29, 1.82) is 5.26 Å². The Balaban J connectivity index is 2.93. The molecule has 2 heteroatoms. The van der Waals surface area contributed by atoms with Gasteiger partial charge in [0, 0.05) is 12.0 Å². The van der Waals surface area contributed by atoms with E-state index >= 15 is 0 Å². The molecule has 0 spiro atoms. The molecular weight excluding hydrogens is 210 g/mol. The summed E-state index contributed by atoms with van der Waals surface area (Å²) >= 11 is 0. The van der Waals surface area contributed by atoms with Gasteiger partial charge in [-0.3, -0.25) is 0 Å². The highest BCUT2D eigenvalue weighted by Gasteiger charge is 2.34. The molecule has 0 radical (unpaired) electrons. The van der Waals surface area contributed by atoms with Crippen LogP contribution in [-0.4, -0.2) is 11.2 Å². The molecule has 1 rings (SSSR count). The quantitative estimate of drug-likeness (QED) is 0.450. The third kappa shape index (κ3) is 3.57. The zero-order chi connectivity index (χ0) is 13.1. The van der Waals surface area contributed by atoms with Crippen LogP contribution in [0.1, 0.15) is 34.1 Å². The van der Waals surface area contributed by atoms with Crippen molar-refractivity contribution in [1.82, 2.24) is 0 Å². The summed E-state index contributed by atoms with van der Waals surface area (Å²) in [7, 11) is 0. The molecule has 0 aliphatic heterocycles. The third-order valence-corrected chi connectivity index (χ3v) is 3.37. The highest BCUT2D eigenvalue weighted by atomic mass is 16.3. The van der Waals surface area contributed by atoms with Crippen LogP contribution in [0, 0.1) is 22.7 Å². The van der Waals surface area contributed by atoms with Crippen molar-refractivity contribution in [3.63, 3.8) is 0 Å². The Morgan fingerprint density at radius 3 is 2.76 bits per heavy atom. The van der Waals surface area contributed by atoms with Crippen LogP contribution in [0.25, 0.3) is 0 Å². The molecule has 1 aliphatic rings. The predicted molar refractivity (Wildman–Crippen MR) is 70.2 cm³/mol. The van der Waals surface area contributed by atoms with Crippen molar-refractivity contribution in [2.45, 2.75) is 40.2 Å². The molecule has 0 saturated heterocycles. The molecule has 0 bridgehead atoms. The van der Waals surface area contributed by atoms with E-state index in [2.05, 4.69) is 26.8 Å². The minimum absolute atomic E-state index is 0.0572. The van der Waals surface area contributed by atoms with E-state index in [9.17, 15) is 5.11 Å². The molecule has 17 heavy (non-hydrogen) atoms. The molecule has 0 fully saturated rings. The average Bonchev–Trinajstić information content (AvgIpc) is 2.14. The molecule has 2 atom stereocenters. The highest BCUT2D eigenvalue weighted by Crippen LogP contribution is 2.41. The first-order valence-electron chi connectivity index (χ1n) is 5.98. The molecule has 0 heterocycles. The second kappa shape index (κ2) is 5.33. The molecular formula is C15H21NO. The lowest BCUT2D eigenvalue weighted by Crippen LogP contribution is -2.32. The van der Waals surface area contributed by atoms with E-state index in [1.807, 2.05) is 25.1 Å².